The average molecular weight is 305 g/mol. The van der Waals surface area contributed by atoms with Gasteiger partial charge in [-0.3, -0.25) is 14.4 Å². The molecule has 3 amide bonds. The molecular formula is C10H13ClN4O3S. The summed E-state index contributed by atoms with van der Waals surface area (Å²) in [5.74, 6) is -1.60. The molecule has 0 aliphatic carbocycles. The zero-order chi connectivity index (χ0) is 14.4. The normalized spacial score (nSPS) is 10.2. The fourth-order valence-electron chi connectivity index (χ4n) is 1.34. The third kappa shape index (κ3) is 5.23. The summed E-state index contributed by atoms with van der Waals surface area (Å²) in [6.45, 7) is -0.703. The fourth-order valence-corrected chi connectivity index (χ4v) is 2.35. The van der Waals surface area contributed by atoms with E-state index in [9.17, 15) is 14.4 Å². The van der Waals surface area contributed by atoms with E-state index in [1.165, 1.54) is 11.3 Å². The summed E-state index contributed by atoms with van der Waals surface area (Å²) in [6, 6.07) is 0. The standard InChI is InChI=1S/C10H13ClN4O3S/c11-2-6-5-19-9(14-6)1-10(18)15(3-7(12)16)4-8(13)17/h5H,1-4H2,(H2,12,16)(H2,13,17). The van der Waals surface area contributed by atoms with E-state index in [4.69, 9.17) is 23.1 Å². The number of thiazole rings is 1. The molecule has 19 heavy (non-hydrogen) atoms. The molecule has 9 heteroatoms. The quantitative estimate of drug-likeness (QED) is 0.642. The number of nitrogens with two attached hydrogens (primary N) is 2. The van der Waals surface area contributed by atoms with Gasteiger partial charge in [0.1, 0.15) is 5.01 Å². The third-order valence-electron chi connectivity index (χ3n) is 2.08. The number of alkyl halides is 1. The van der Waals surface area contributed by atoms with Crippen LogP contribution in [0.5, 0.6) is 0 Å². The Morgan fingerprint density at radius 3 is 2.26 bits per heavy atom. The van der Waals surface area contributed by atoms with Gasteiger partial charge in [0.2, 0.25) is 17.7 Å². The molecule has 0 aliphatic heterocycles. The van der Waals surface area contributed by atoms with Gasteiger partial charge in [-0.25, -0.2) is 4.98 Å². The van der Waals surface area contributed by atoms with Crippen molar-refractivity contribution in [3.8, 4) is 0 Å². The summed E-state index contributed by atoms with van der Waals surface area (Å²) in [5, 5.41) is 2.29. The molecule has 0 fully saturated rings. The maximum Gasteiger partial charge on any atom is 0.237 e. The monoisotopic (exact) mass is 304 g/mol. The fraction of sp³-hybridized carbons (Fsp3) is 0.400. The summed E-state index contributed by atoms with van der Waals surface area (Å²) in [7, 11) is 0. The van der Waals surface area contributed by atoms with E-state index in [1.54, 1.807) is 5.38 Å². The van der Waals surface area contributed by atoms with Crippen LogP contribution in [0.3, 0.4) is 0 Å². The molecule has 0 saturated heterocycles. The second-order valence-electron chi connectivity index (χ2n) is 3.73. The van der Waals surface area contributed by atoms with E-state index in [0.29, 0.717) is 10.7 Å². The minimum absolute atomic E-state index is 0.0257. The first-order chi connectivity index (χ1) is 8.92. The van der Waals surface area contributed by atoms with Gasteiger partial charge in [-0.15, -0.1) is 22.9 Å². The highest BCUT2D eigenvalue weighted by Crippen LogP contribution is 2.13. The number of rotatable bonds is 7. The molecule has 1 heterocycles. The number of nitrogens with zero attached hydrogens (tertiary/aromatic N) is 2. The highest BCUT2D eigenvalue weighted by Gasteiger charge is 2.19. The van der Waals surface area contributed by atoms with E-state index < -0.39 is 17.7 Å². The molecule has 0 radical (unpaired) electrons. The third-order valence-corrected chi connectivity index (χ3v) is 3.26. The average Bonchev–Trinajstić information content (AvgIpc) is 2.74. The molecule has 0 saturated carbocycles. The number of aromatic nitrogens is 1. The topological polar surface area (TPSA) is 119 Å². The number of primary amides is 2. The highest BCUT2D eigenvalue weighted by molar-refractivity contribution is 7.09. The van der Waals surface area contributed by atoms with E-state index in [-0.39, 0.29) is 25.4 Å². The molecular weight excluding hydrogens is 292 g/mol. The maximum atomic E-state index is 11.9. The molecule has 0 aliphatic rings. The predicted octanol–water partition coefficient (Wildman–Crippen LogP) is -0.776. The van der Waals surface area contributed by atoms with E-state index in [2.05, 4.69) is 4.98 Å². The Labute approximate surface area is 118 Å². The first kappa shape index (κ1) is 15.4. The Balaban J connectivity index is 2.69. The number of amides is 3. The number of carbonyl (C=O) groups is 3. The van der Waals surface area contributed by atoms with E-state index in [1.807, 2.05) is 0 Å². The summed E-state index contributed by atoms with van der Waals surface area (Å²) < 4.78 is 0. The van der Waals surface area contributed by atoms with Crippen LogP contribution in [0.1, 0.15) is 10.7 Å². The van der Waals surface area contributed by atoms with Crippen molar-refractivity contribution < 1.29 is 14.4 Å². The van der Waals surface area contributed by atoms with Gasteiger partial charge in [-0.2, -0.15) is 0 Å². The molecule has 0 bridgehead atoms. The molecule has 0 aromatic carbocycles. The molecule has 1 rings (SSSR count). The van der Waals surface area contributed by atoms with Crippen LogP contribution in [0.15, 0.2) is 5.38 Å². The summed E-state index contributed by atoms with van der Waals surface area (Å²) >= 11 is 6.89. The van der Waals surface area contributed by atoms with Gasteiger partial charge in [-0.1, -0.05) is 0 Å². The van der Waals surface area contributed by atoms with Crippen LogP contribution in [-0.4, -0.2) is 40.7 Å². The molecule has 7 nitrogen and oxygen atoms in total. The van der Waals surface area contributed by atoms with Crippen molar-refractivity contribution in [3.05, 3.63) is 16.1 Å². The van der Waals surface area contributed by atoms with Crippen LogP contribution in [0.4, 0.5) is 0 Å². The van der Waals surface area contributed by atoms with Gasteiger partial charge in [-0.05, 0) is 0 Å². The zero-order valence-electron chi connectivity index (χ0n) is 9.97. The Hall–Kier alpha value is -1.67. The molecule has 0 spiro atoms. The lowest BCUT2D eigenvalue weighted by Gasteiger charge is -2.18. The van der Waals surface area contributed by atoms with Crippen LogP contribution >= 0.6 is 22.9 Å². The Bertz CT molecular complexity index is 475. The Morgan fingerprint density at radius 1 is 1.26 bits per heavy atom. The summed E-state index contributed by atoms with van der Waals surface area (Å²) in [4.78, 5) is 38.7. The smallest absolute Gasteiger partial charge is 0.237 e. The molecule has 4 N–H and O–H groups in total. The van der Waals surface area contributed by atoms with Crippen LogP contribution < -0.4 is 11.5 Å². The number of hydrogen-bond donors (Lipinski definition) is 2. The number of hydrogen-bond acceptors (Lipinski definition) is 5. The van der Waals surface area contributed by atoms with Crippen molar-refractivity contribution in [1.82, 2.24) is 9.88 Å². The zero-order valence-corrected chi connectivity index (χ0v) is 11.5. The largest absolute Gasteiger partial charge is 0.368 e. The van der Waals surface area contributed by atoms with Crippen molar-refractivity contribution in [1.29, 1.82) is 0 Å². The van der Waals surface area contributed by atoms with Crippen LogP contribution in [0.2, 0.25) is 0 Å². The summed E-state index contributed by atoms with van der Waals surface area (Å²) in [6.07, 6.45) is -0.0257. The number of carbonyl (C=O) groups excluding carboxylic acids is 3. The lowest BCUT2D eigenvalue weighted by molar-refractivity contribution is -0.137. The molecule has 104 valence electrons. The van der Waals surface area contributed by atoms with Gasteiger partial charge < -0.3 is 16.4 Å². The molecule has 0 unspecified atom stereocenters. The van der Waals surface area contributed by atoms with Crippen molar-refractivity contribution in [2.75, 3.05) is 13.1 Å². The minimum atomic E-state index is -0.713. The minimum Gasteiger partial charge on any atom is -0.368 e. The Morgan fingerprint density at radius 2 is 1.84 bits per heavy atom. The van der Waals surface area contributed by atoms with E-state index >= 15 is 0 Å². The highest BCUT2D eigenvalue weighted by atomic mass is 35.5. The van der Waals surface area contributed by atoms with Gasteiger partial charge in [0.05, 0.1) is 31.1 Å². The van der Waals surface area contributed by atoms with Gasteiger partial charge in [0, 0.05) is 5.38 Å². The molecule has 0 atom stereocenters. The first-order valence-corrected chi connectivity index (χ1v) is 6.67. The maximum absolute atomic E-state index is 11.9. The van der Waals surface area contributed by atoms with Gasteiger partial charge in [0.25, 0.3) is 0 Å². The van der Waals surface area contributed by atoms with Crippen molar-refractivity contribution >= 4 is 40.7 Å². The van der Waals surface area contributed by atoms with Crippen LogP contribution in [-0.2, 0) is 26.7 Å². The van der Waals surface area contributed by atoms with Crippen molar-refractivity contribution in [3.63, 3.8) is 0 Å². The van der Waals surface area contributed by atoms with Crippen LogP contribution in [0, 0.1) is 0 Å². The van der Waals surface area contributed by atoms with E-state index in [0.717, 1.165) is 4.90 Å². The van der Waals surface area contributed by atoms with Crippen molar-refractivity contribution in [2.24, 2.45) is 11.5 Å². The second-order valence-corrected chi connectivity index (χ2v) is 4.94. The summed E-state index contributed by atoms with van der Waals surface area (Å²) in [5.41, 5.74) is 10.7. The first-order valence-electron chi connectivity index (χ1n) is 5.26. The second kappa shape index (κ2) is 7.05. The van der Waals surface area contributed by atoms with Gasteiger partial charge in [0.15, 0.2) is 0 Å². The lowest BCUT2D eigenvalue weighted by atomic mass is 10.3. The van der Waals surface area contributed by atoms with Crippen molar-refractivity contribution in [2.45, 2.75) is 12.3 Å². The SMILES string of the molecule is NC(=O)CN(CC(N)=O)C(=O)Cc1nc(CCl)cs1. The number of halogens is 1. The molecule has 1 aromatic rings. The lowest BCUT2D eigenvalue weighted by Crippen LogP contribution is -2.43. The Kier molecular flexibility index (Phi) is 5.71. The van der Waals surface area contributed by atoms with Crippen LogP contribution in [0.25, 0.3) is 0 Å². The predicted molar refractivity (Wildman–Crippen MR) is 70.3 cm³/mol. The van der Waals surface area contributed by atoms with Gasteiger partial charge >= 0.3 is 0 Å². The molecule has 1 aromatic heterocycles.